The number of allylic oxidation sites excluding steroid dienone is 2. The highest BCUT2D eigenvalue weighted by Crippen LogP contribution is 2.17. The summed E-state index contributed by atoms with van der Waals surface area (Å²) in [5.74, 6) is 0.787. The molecule has 70 valence electrons. The van der Waals surface area contributed by atoms with Crippen molar-refractivity contribution >= 4 is 6.21 Å². The second-order valence-corrected chi connectivity index (χ2v) is 3.54. The van der Waals surface area contributed by atoms with Gasteiger partial charge in [0.25, 0.3) is 0 Å². The third-order valence-corrected chi connectivity index (χ3v) is 1.73. The molecule has 0 atom stereocenters. The average Bonchev–Trinajstić information content (AvgIpc) is 1.98. The molecule has 0 saturated heterocycles. The molecule has 0 unspecified atom stereocenters. The van der Waals surface area contributed by atoms with Crippen LogP contribution in [0.25, 0.3) is 0 Å². The summed E-state index contributed by atoms with van der Waals surface area (Å²) in [5.41, 5.74) is 7.84. The molecule has 0 saturated carbocycles. The Kier molecular flexibility index (Phi) is 4.64. The molecule has 0 aliphatic carbocycles. The van der Waals surface area contributed by atoms with Crippen molar-refractivity contribution in [2.75, 3.05) is 0 Å². The molecule has 0 amide bonds. The molecule has 12 heavy (non-hydrogen) atoms. The molecule has 0 aromatic carbocycles. The molecule has 2 heteroatoms. The summed E-state index contributed by atoms with van der Waals surface area (Å²) in [6.45, 7) is 10.3. The van der Waals surface area contributed by atoms with Crippen LogP contribution in [0.2, 0.25) is 0 Å². The van der Waals surface area contributed by atoms with Crippen molar-refractivity contribution in [2.45, 2.75) is 34.6 Å². The lowest BCUT2D eigenvalue weighted by molar-refractivity contribution is 0.676. The molecule has 0 aliphatic rings. The maximum atomic E-state index is 5.91. The highest BCUT2D eigenvalue weighted by atomic mass is 14.8. The quantitative estimate of drug-likeness (QED) is 0.646. The summed E-state index contributed by atoms with van der Waals surface area (Å²) < 4.78 is 0. The Hall–Kier alpha value is -0.790. The summed E-state index contributed by atoms with van der Waals surface area (Å²) >= 11 is 0. The van der Waals surface area contributed by atoms with Crippen molar-refractivity contribution in [1.29, 1.82) is 0 Å². The maximum Gasteiger partial charge on any atom is 0.0614 e. The molecule has 0 radical (unpaired) electrons. The van der Waals surface area contributed by atoms with Crippen LogP contribution in [0.1, 0.15) is 34.6 Å². The van der Waals surface area contributed by atoms with Gasteiger partial charge in [-0.2, -0.15) is 0 Å². The summed E-state index contributed by atoms with van der Waals surface area (Å²) in [6, 6.07) is 0. The molecular weight excluding hydrogens is 148 g/mol. The molecule has 0 rings (SSSR count). The summed E-state index contributed by atoms with van der Waals surface area (Å²) in [7, 11) is 0. The first-order chi connectivity index (χ1) is 5.50. The molecule has 2 nitrogen and oxygen atoms in total. The minimum atomic E-state index is 0.381. The van der Waals surface area contributed by atoms with Crippen molar-refractivity contribution in [3.05, 3.63) is 11.4 Å². The lowest BCUT2D eigenvalue weighted by atomic mass is 10.0. The molecule has 0 aromatic rings. The van der Waals surface area contributed by atoms with Crippen LogP contribution in [0, 0.1) is 11.8 Å². The van der Waals surface area contributed by atoms with E-state index in [1.165, 1.54) is 0 Å². The second kappa shape index (κ2) is 4.96. The first-order valence-corrected chi connectivity index (χ1v) is 4.48. The second-order valence-electron chi connectivity index (χ2n) is 3.54. The fourth-order valence-electron chi connectivity index (χ4n) is 0.992. The van der Waals surface area contributed by atoms with E-state index in [4.69, 9.17) is 5.73 Å². The van der Waals surface area contributed by atoms with Crippen molar-refractivity contribution in [3.8, 4) is 0 Å². The van der Waals surface area contributed by atoms with Gasteiger partial charge < -0.3 is 5.73 Å². The van der Waals surface area contributed by atoms with Crippen LogP contribution in [0.3, 0.4) is 0 Å². The van der Waals surface area contributed by atoms with Gasteiger partial charge in [0.05, 0.1) is 5.70 Å². The number of hydrogen-bond donors (Lipinski definition) is 1. The minimum Gasteiger partial charge on any atom is -0.400 e. The van der Waals surface area contributed by atoms with Crippen molar-refractivity contribution in [3.63, 3.8) is 0 Å². The Labute approximate surface area is 75.6 Å². The zero-order valence-corrected chi connectivity index (χ0v) is 8.76. The van der Waals surface area contributed by atoms with Crippen LogP contribution in [0.4, 0.5) is 0 Å². The Balaban J connectivity index is 4.80. The zero-order valence-electron chi connectivity index (χ0n) is 8.76. The van der Waals surface area contributed by atoms with E-state index in [1.807, 2.05) is 6.92 Å². The van der Waals surface area contributed by atoms with Crippen molar-refractivity contribution in [1.82, 2.24) is 0 Å². The van der Waals surface area contributed by atoms with E-state index >= 15 is 0 Å². The van der Waals surface area contributed by atoms with E-state index in [-0.39, 0.29) is 0 Å². The Morgan fingerprint density at radius 3 is 1.92 bits per heavy atom. The molecule has 0 spiro atoms. The SMILES string of the molecule is CC=N/C(=C(\N)C(C)C)C(C)C. The van der Waals surface area contributed by atoms with Gasteiger partial charge in [0.1, 0.15) is 0 Å². The van der Waals surface area contributed by atoms with E-state index < -0.39 is 0 Å². The number of nitrogens with zero attached hydrogens (tertiary/aromatic N) is 1. The van der Waals surface area contributed by atoms with Gasteiger partial charge in [-0.1, -0.05) is 27.7 Å². The lowest BCUT2D eigenvalue weighted by Gasteiger charge is -2.13. The van der Waals surface area contributed by atoms with Crippen LogP contribution >= 0.6 is 0 Å². The molecular formula is C10H20N2. The first-order valence-electron chi connectivity index (χ1n) is 4.48. The monoisotopic (exact) mass is 168 g/mol. The Morgan fingerprint density at radius 1 is 1.17 bits per heavy atom. The number of nitrogens with two attached hydrogens (primary N) is 1. The Bertz CT molecular complexity index is 188. The third-order valence-electron chi connectivity index (χ3n) is 1.73. The van der Waals surface area contributed by atoms with Crippen LogP contribution in [0.15, 0.2) is 16.4 Å². The predicted molar refractivity (Wildman–Crippen MR) is 55.1 cm³/mol. The lowest BCUT2D eigenvalue weighted by Crippen LogP contribution is -2.11. The van der Waals surface area contributed by atoms with E-state index in [0.717, 1.165) is 11.4 Å². The van der Waals surface area contributed by atoms with E-state index in [2.05, 4.69) is 32.7 Å². The average molecular weight is 168 g/mol. The van der Waals surface area contributed by atoms with Gasteiger partial charge in [0, 0.05) is 11.9 Å². The van der Waals surface area contributed by atoms with Crippen molar-refractivity contribution < 1.29 is 0 Å². The van der Waals surface area contributed by atoms with E-state index in [0.29, 0.717) is 11.8 Å². The topological polar surface area (TPSA) is 38.4 Å². The highest BCUT2D eigenvalue weighted by Gasteiger charge is 2.08. The van der Waals surface area contributed by atoms with Crippen LogP contribution in [-0.4, -0.2) is 6.21 Å². The van der Waals surface area contributed by atoms with Gasteiger partial charge in [0.15, 0.2) is 0 Å². The molecule has 0 aliphatic heterocycles. The molecule has 0 heterocycles. The van der Waals surface area contributed by atoms with E-state index in [9.17, 15) is 0 Å². The van der Waals surface area contributed by atoms with E-state index in [1.54, 1.807) is 6.21 Å². The summed E-state index contributed by atoms with van der Waals surface area (Å²) in [4.78, 5) is 4.27. The van der Waals surface area contributed by atoms with Gasteiger partial charge in [-0.3, -0.25) is 4.99 Å². The number of aliphatic imine (C=N–C) groups is 1. The fourth-order valence-corrected chi connectivity index (χ4v) is 0.992. The van der Waals surface area contributed by atoms with Gasteiger partial charge in [-0.15, -0.1) is 0 Å². The summed E-state index contributed by atoms with van der Waals surface area (Å²) in [6.07, 6.45) is 1.80. The van der Waals surface area contributed by atoms with Gasteiger partial charge in [-0.05, 0) is 18.8 Å². The van der Waals surface area contributed by atoms with Gasteiger partial charge in [0.2, 0.25) is 0 Å². The van der Waals surface area contributed by atoms with Crippen molar-refractivity contribution in [2.24, 2.45) is 22.6 Å². The normalized spacial score (nSPS) is 14.6. The maximum absolute atomic E-state index is 5.91. The number of hydrogen-bond acceptors (Lipinski definition) is 2. The predicted octanol–water partition coefficient (Wildman–Crippen LogP) is 2.56. The third kappa shape index (κ3) is 3.07. The molecule has 0 aromatic heterocycles. The smallest absolute Gasteiger partial charge is 0.0614 e. The minimum absolute atomic E-state index is 0.381. The van der Waals surface area contributed by atoms with Gasteiger partial charge >= 0.3 is 0 Å². The molecule has 2 N–H and O–H groups in total. The van der Waals surface area contributed by atoms with Crippen LogP contribution in [-0.2, 0) is 0 Å². The fraction of sp³-hybridized carbons (Fsp3) is 0.700. The summed E-state index contributed by atoms with van der Waals surface area (Å²) in [5, 5.41) is 0. The highest BCUT2D eigenvalue weighted by molar-refractivity contribution is 5.55. The zero-order chi connectivity index (χ0) is 9.72. The standard InChI is InChI=1S/C10H20N2/c1-6-12-10(8(4)5)9(11)7(2)3/h6-8H,11H2,1-5H3/b10-9-,12-6?. The largest absolute Gasteiger partial charge is 0.400 e. The number of rotatable bonds is 3. The molecule has 0 bridgehead atoms. The van der Waals surface area contributed by atoms with Gasteiger partial charge in [-0.25, -0.2) is 0 Å². The van der Waals surface area contributed by atoms with Crippen LogP contribution in [0.5, 0.6) is 0 Å². The first kappa shape index (κ1) is 11.2. The Morgan fingerprint density at radius 2 is 1.67 bits per heavy atom. The van der Waals surface area contributed by atoms with Crippen LogP contribution < -0.4 is 5.73 Å². The molecule has 0 fully saturated rings.